The van der Waals surface area contributed by atoms with Crippen molar-refractivity contribution >= 4 is 33.4 Å². The Hall–Kier alpha value is -0.580. The molecule has 0 atom stereocenters. The molecular weight excluding hydrogens is 305 g/mol. The van der Waals surface area contributed by atoms with Gasteiger partial charge in [-0.3, -0.25) is 4.79 Å². The van der Waals surface area contributed by atoms with Gasteiger partial charge in [0.1, 0.15) is 0 Å². The van der Waals surface area contributed by atoms with Gasteiger partial charge in [0.05, 0.1) is 13.2 Å². The minimum Gasteiger partial charge on any atom is -0.379 e. The molecule has 1 N–H and O–H groups in total. The van der Waals surface area contributed by atoms with Crippen molar-refractivity contribution in [2.24, 2.45) is 0 Å². The normalized spacial score (nSPS) is 10.3. The first-order chi connectivity index (χ1) is 8.15. The lowest BCUT2D eigenvalue weighted by Crippen LogP contribution is -2.28. The molecule has 0 fully saturated rings. The number of alkyl halides is 1. The van der Waals surface area contributed by atoms with Crippen molar-refractivity contribution in [1.82, 2.24) is 5.32 Å². The van der Waals surface area contributed by atoms with Crippen molar-refractivity contribution in [2.45, 2.75) is 6.92 Å². The Labute approximate surface area is 115 Å². The molecule has 17 heavy (non-hydrogen) atoms. The predicted molar refractivity (Wildman–Crippen MR) is 73.1 cm³/mol. The Morgan fingerprint density at radius 2 is 2.24 bits per heavy atom. The van der Waals surface area contributed by atoms with Gasteiger partial charge in [0, 0.05) is 22.5 Å². The molecule has 0 saturated carbocycles. The second-order valence-electron chi connectivity index (χ2n) is 3.52. The van der Waals surface area contributed by atoms with Crippen molar-refractivity contribution in [3.63, 3.8) is 0 Å². The number of amides is 1. The summed E-state index contributed by atoms with van der Waals surface area (Å²) in [5, 5.41) is 4.24. The van der Waals surface area contributed by atoms with Crippen LogP contribution in [0.5, 0.6) is 0 Å². The van der Waals surface area contributed by atoms with E-state index in [1.165, 1.54) is 0 Å². The first-order valence-corrected chi connectivity index (χ1v) is 6.83. The second kappa shape index (κ2) is 7.69. The van der Waals surface area contributed by atoms with Crippen LogP contribution in [-0.2, 0) is 4.74 Å². The van der Waals surface area contributed by atoms with Crippen LogP contribution < -0.4 is 5.32 Å². The maximum Gasteiger partial charge on any atom is 0.251 e. The fourth-order valence-electron chi connectivity index (χ4n) is 1.37. The quantitative estimate of drug-likeness (QED) is 0.646. The largest absolute Gasteiger partial charge is 0.379 e. The van der Waals surface area contributed by atoms with Crippen LogP contribution >= 0.6 is 27.5 Å². The van der Waals surface area contributed by atoms with E-state index in [0.29, 0.717) is 30.3 Å². The zero-order valence-corrected chi connectivity index (χ0v) is 12.0. The van der Waals surface area contributed by atoms with Crippen LogP contribution in [-0.4, -0.2) is 31.0 Å². The number of aryl methyl sites for hydroxylation is 1. The third-order valence-electron chi connectivity index (χ3n) is 2.19. The lowest BCUT2D eigenvalue weighted by Gasteiger charge is -2.08. The third-order valence-corrected chi connectivity index (χ3v) is 2.75. The number of carbonyl (C=O) groups is 1. The van der Waals surface area contributed by atoms with Gasteiger partial charge in [-0.1, -0.05) is 27.5 Å². The third kappa shape index (κ3) is 5.06. The fourth-order valence-corrected chi connectivity index (χ4v) is 1.83. The van der Waals surface area contributed by atoms with Crippen LogP contribution in [0.3, 0.4) is 0 Å². The lowest BCUT2D eigenvalue weighted by atomic mass is 10.1. The van der Waals surface area contributed by atoms with E-state index < -0.39 is 0 Å². The average Bonchev–Trinajstić information content (AvgIpc) is 2.28. The van der Waals surface area contributed by atoms with Crippen molar-refractivity contribution < 1.29 is 9.53 Å². The van der Waals surface area contributed by atoms with Crippen LogP contribution in [0.2, 0.25) is 5.02 Å². The van der Waals surface area contributed by atoms with Gasteiger partial charge in [0.25, 0.3) is 5.91 Å². The van der Waals surface area contributed by atoms with E-state index in [2.05, 4.69) is 21.2 Å². The number of halogens is 2. The van der Waals surface area contributed by atoms with Gasteiger partial charge >= 0.3 is 0 Å². The highest BCUT2D eigenvalue weighted by atomic mass is 79.9. The zero-order chi connectivity index (χ0) is 12.7. The van der Waals surface area contributed by atoms with E-state index in [4.69, 9.17) is 16.3 Å². The van der Waals surface area contributed by atoms with E-state index in [1.54, 1.807) is 18.2 Å². The van der Waals surface area contributed by atoms with Crippen molar-refractivity contribution in [3.8, 4) is 0 Å². The van der Waals surface area contributed by atoms with Crippen molar-refractivity contribution in [1.29, 1.82) is 0 Å². The molecule has 0 spiro atoms. The second-order valence-corrected chi connectivity index (χ2v) is 4.75. The SMILES string of the molecule is Cc1cc(Cl)ccc1C(=O)NCCOCCBr. The maximum absolute atomic E-state index is 11.8. The van der Waals surface area contributed by atoms with Gasteiger partial charge in [0.15, 0.2) is 0 Å². The van der Waals surface area contributed by atoms with Crippen molar-refractivity contribution in [2.75, 3.05) is 25.1 Å². The molecule has 0 bridgehead atoms. The average molecular weight is 321 g/mol. The fraction of sp³-hybridized carbons (Fsp3) is 0.417. The van der Waals surface area contributed by atoms with Crippen LogP contribution in [0.1, 0.15) is 15.9 Å². The molecule has 0 aliphatic heterocycles. The van der Waals surface area contributed by atoms with Crippen LogP contribution in [0.25, 0.3) is 0 Å². The summed E-state index contributed by atoms with van der Waals surface area (Å²) in [6, 6.07) is 5.22. The Bertz CT molecular complexity index is 385. The summed E-state index contributed by atoms with van der Waals surface area (Å²) in [6.45, 7) is 3.54. The Morgan fingerprint density at radius 3 is 2.88 bits per heavy atom. The van der Waals surface area contributed by atoms with Gasteiger partial charge in [0.2, 0.25) is 0 Å². The molecule has 1 amide bonds. The summed E-state index contributed by atoms with van der Waals surface area (Å²) in [6.07, 6.45) is 0. The Morgan fingerprint density at radius 1 is 1.47 bits per heavy atom. The molecule has 0 aliphatic rings. The highest BCUT2D eigenvalue weighted by molar-refractivity contribution is 9.09. The van der Waals surface area contributed by atoms with E-state index in [-0.39, 0.29) is 5.91 Å². The number of ether oxygens (including phenoxy) is 1. The van der Waals surface area contributed by atoms with E-state index in [1.807, 2.05) is 6.92 Å². The van der Waals surface area contributed by atoms with Crippen molar-refractivity contribution in [3.05, 3.63) is 34.3 Å². The molecule has 5 heteroatoms. The van der Waals surface area contributed by atoms with Crippen LogP contribution in [0.15, 0.2) is 18.2 Å². The highest BCUT2D eigenvalue weighted by Gasteiger charge is 2.08. The van der Waals surface area contributed by atoms with Gasteiger partial charge in [-0.2, -0.15) is 0 Å². The first kappa shape index (κ1) is 14.5. The molecule has 0 radical (unpaired) electrons. The molecule has 94 valence electrons. The van der Waals surface area contributed by atoms with Gasteiger partial charge < -0.3 is 10.1 Å². The van der Waals surface area contributed by atoms with Gasteiger partial charge in [-0.25, -0.2) is 0 Å². The summed E-state index contributed by atoms with van der Waals surface area (Å²) in [5.41, 5.74) is 1.52. The van der Waals surface area contributed by atoms with Crippen LogP contribution in [0, 0.1) is 6.92 Å². The number of benzene rings is 1. The number of hydrogen-bond donors (Lipinski definition) is 1. The summed E-state index contributed by atoms with van der Waals surface area (Å²) >= 11 is 9.09. The number of rotatable bonds is 6. The molecule has 1 aromatic rings. The first-order valence-electron chi connectivity index (χ1n) is 5.33. The summed E-state index contributed by atoms with van der Waals surface area (Å²) in [7, 11) is 0. The van der Waals surface area contributed by atoms with Gasteiger partial charge in [-0.15, -0.1) is 0 Å². The molecule has 0 heterocycles. The zero-order valence-electron chi connectivity index (χ0n) is 9.63. The van der Waals surface area contributed by atoms with E-state index in [9.17, 15) is 4.79 Å². The predicted octanol–water partition coefficient (Wildman–Crippen LogP) is 2.79. The Balaban J connectivity index is 2.42. The molecule has 0 aliphatic carbocycles. The van der Waals surface area contributed by atoms with E-state index >= 15 is 0 Å². The molecule has 1 rings (SSSR count). The topological polar surface area (TPSA) is 38.3 Å². The van der Waals surface area contributed by atoms with Crippen LogP contribution in [0.4, 0.5) is 0 Å². The maximum atomic E-state index is 11.8. The lowest BCUT2D eigenvalue weighted by molar-refractivity contribution is 0.0923. The van der Waals surface area contributed by atoms with Gasteiger partial charge in [-0.05, 0) is 30.7 Å². The summed E-state index contributed by atoms with van der Waals surface area (Å²) < 4.78 is 5.24. The minimum atomic E-state index is -0.0957. The summed E-state index contributed by atoms with van der Waals surface area (Å²) in [4.78, 5) is 11.8. The smallest absolute Gasteiger partial charge is 0.251 e. The van der Waals surface area contributed by atoms with E-state index in [0.717, 1.165) is 10.9 Å². The molecule has 3 nitrogen and oxygen atoms in total. The minimum absolute atomic E-state index is 0.0957. The number of hydrogen-bond acceptors (Lipinski definition) is 2. The highest BCUT2D eigenvalue weighted by Crippen LogP contribution is 2.14. The monoisotopic (exact) mass is 319 g/mol. The molecule has 0 unspecified atom stereocenters. The molecule has 0 aromatic heterocycles. The molecular formula is C12H15BrClNO2. The number of nitrogens with one attached hydrogen (secondary N) is 1. The number of carbonyl (C=O) groups excluding carboxylic acids is 1. The Kier molecular flexibility index (Phi) is 6.55. The molecule has 1 aromatic carbocycles. The summed E-state index contributed by atoms with van der Waals surface area (Å²) in [5.74, 6) is -0.0957. The molecule has 0 saturated heterocycles. The standard InChI is InChI=1S/C12H15BrClNO2/c1-9-8-10(14)2-3-11(9)12(16)15-5-7-17-6-4-13/h2-3,8H,4-7H2,1H3,(H,15,16).